The van der Waals surface area contributed by atoms with Crippen molar-refractivity contribution >= 4 is 17.3 Å². The van der Waals surface area contributed by atoms with Crippen LogP contribution in [0.2, 0.25) is 0 Å². The second-order valence-corrected chi connectivity index (χ2v) is 4.73. The lowest BCUT2D eigenvalue weighted by Gasteiger charge is -2.25. The van der Waals surface area contributed by atoms with Gasteiger partial charge < -0.3 is 11.1 Å². The van der Waals surface area contributed by atoms with E-state index >= 15 is 0 Å². The lowest BCUT2D eigenvalue weighted by atomic mass is 10.2. The third kappa shape index (κ3) is 4.75. The summed E-state index contributed by atoms with van der Waals surface area (Å²) >= 11 is 0. The number of hydrogen-bond donors (Lipinski definition) is 2. The highest BCUT2D eigenvalue weighted by Crippen LogP contribution is 2.10. The molecule has 100 valence electrons. The second-order valence-electron chi connectivity index (χ2n) is 4.73. The summed E-state index contributed by atoms with van der Waals surface area (Å²) in [7, 11) is 0. The van der Waals surface area contributed by atoms with Crippen LogP contribution < -0.4 is 11.1 Å². The predicted molar refractivity (Wildman–Crippen MR) is 76.5 cm³/mol. The molecule has 3 N–H and O–H groups in total. The summed E-state index contributed by atoms with van der Waals surface area (Å²) in [6.07, 6.45) is 1.05. The van der Waals surface area contributed by atoms with Crippen LogP contribution >= 0.6 is 0 Å². The Bertz CT molecular complexity index is 373. The van der Waals surface area contributed by atoms with Crippen molar-refractivity contribution in [1.29, 1.82) is 0 Å². The molecule has 1 rings (SSSR count). The molecule has 0 heterocycles. The molecule has 0 aliphatic carbocycles. The fourth-order valence-electron chi connectivity index (χ4n) is 1.76. The summed E-state index contributed by atoms with van der Waals surface area (Å²) in [5, 5.41) is 2.88. The van der Waals surface area contributed by atoms with Crippen molar-refractivity contribution in [2.24, 2.45) is 0 Å². The molecule has 0 fully saturated rings. The molecular formula is C14H23N3O. The highest BCUT2D eigenvalue weighted by Gasteiger charge is 2.12. The second kappa shape index (κ2) is 7.01. The number of carbonyl (C=O) groups is 1. The van der Waals surface area contributed by atoms with Crippen LogP contribution in [-0.4, -0.2) is 29.9 Å². The fourth-order valence-corrected chi connectivity index (χ4v) is 1.76. The molecule has 1 amide bonds. The molecule has 0 radical (unpaired) electrons. The Labute approximate surface area is 109 Å². The van der Waals surface area contributed by atoms with E-state index in [0.29, 0.717) is 18.3 Å². The van der Waals surface area contributed by atoms with E-state index in [1.165, 1.54) is 0 Å². The molecule has 18 heavy (non-hydrogen) atoms. The summed E-state index contributed by atoms with van der Waals surface area (Å²) < 4.78 is 0. The van der Waals surface area contributed by atoms with E-state index in [1.807, 2.05) is 12.1 Å². The van der Waals surface area contributed by atoms with Crippen LogP contribution in [-0.2, 0) is 4.79 Å². The molecule has 4 nitrogen and oxygen atoms in total. The van der Waals surface area contributed by atoms with Gasteiger partial charge in [-0.05, 0) is 51.1 Å². The molecule has 0 aliphatic rings. The van der Waals surface area contributed by atoms with E-state index in [0.717, 1.165) is 18.7 Å². The normalized spacial score (nSPS) is 10.9. The zero-order chi connectivity index (χ0) is 13.5. The number of amides is 1. The van der Waals surface area contributed by atoms with Crippen molar-refractivity contribution in [2.45, 2.75) is 33.2 Å². The van der Waals surface area contributed by atoms with Crippen molar-refractivity contribution < 1.29 is 4.79 Å². The van der Waals surface area contributed by atoms with Gasteiger partial charge in [-0.25, -0.2) is 0 Å². The number of nitrogens with one attached hydrogen (secondary N) is 1. The van der Waals surface area contributed by atoms with E-state index < -0.39 is 0 Å². The molecule has 1 aromatic carbocycles. The number of benzene rings is 1. The highest BCUT2D eigenvalue weighted by atomic mass is 16.2. The van der Waals surface area contributed by atoms with Crippen molar-refractivity contribution in [2.75, 3.05) is 24.1 Å². The predicted octanol–water partition coefficient (Wildman–Crippen LogP) is 2.33. The molecule has 4 heteroatoms. The number of carbonyl (C=O) groups excluding carboxylic acids is 1. The number of hydrogen-bond acceptors (Lipinski definition) is 3. The standard InChI is InChI=1S/C14H23N3O/c1-4-9-17(11(2)3)10-14(18)16-13-7-5-12(15)6-8-13/h5-8,11H,4,9-10,15H2,1-3H3,(H,16,18). The molecule has 0 aliphatic heterocycles. The first-order chi connectivity index (χ1) is 8.52. The Morgan fingerprint density at radius 2 is 1.94 bits per heavy atom. The largest absolute Gasteiger partial charge is 0.399 e. The third-order valence-electron chi connectivity index (χ3n) is 2.78. The van der Waals surface area contributed by atoms with Gasteiger partial charge in [0.2, 0.25) is 5.91 Å². The minimum Gasteiger partial charge on any atom is -0.399 e. The SMILES string of the molecule is CCCN(CC(=O)Nc1ccc(N)cc1)C(C)C. The maximum absolute atomic E-state index is 11.9. The maximum atomic E-state index is 11.9. The molecule has 0 saturated carbocycles. The molecule has 0 saturated heterocycles. The van der Waals surface area contributed by atoms with E-state index in [1.54, 1.807) is 12.1 Å². The first-order valence-electron chi connectivity index (χ1n) is 6.42. The van der Waals surface area contributed by atoms with Crippen molar-refractivity contribution in [3.05, 3.63) is 24.3 Å². The van der Waals surface area contributed by atoms with Gasteiger partial charge in [0.1, 0.15) is 0 Å². The third-order valence-corrected chi connectivity index (χ3v) is 2.78. The summed E-state index contributed by atoms with van der Waals surface area (Å²) in [5.41, 5.74) is 7.08. The average molecular weight is 249 g/mol. The van der Waals surface area contributed by atoms with Gasteiger partial charge in [0, 0.05) is 17.4 Å². The Morgan fingerprint density at radius 1 is 1.33 bits per heavy atom. The van der Waals surface area contributed by atoms with Crippen LogP contribution in [0.5, 0.6) is 0 Å². The van der Waals surface area contributed by atoms with Gasteiger partial charge >= 0.3 is 0 Å². The zero-order valence-electron chi connectivity index (χ0n) is 11.4. The lowest BCUT2D eigenvalue weighted by Crippen LogP contribution is -2.38. The Balaban J connectivity index is 2.52. The number of rotatable bonds is 6. The van der Waals surface area contributed by atoms with Crippen molar-refractivity contribution in [3.8, 4) is 0 Å². The quantitative estimate of drug-likeness (QED) is 0.761. The summed E-state index contributed by atoms with van der Waals surface area (Å²) in [6, 6.07) is 7.56. The minimum atomic E-state index is 0.0157. The Kier molecular flexibility index (Phi) is 5.65. The smallest absolute Gasteiger partial charge is 0.238 e. The molecule has 1 aromatic rings. The summed E-state index contributed by atoms with van der Waals surface area (Å²) in [5.74, 6) is 0.0157. The van der Waals surface area contributed by atoms with Crippen LogP contribution in [0.4, 0.5) is 11.4 Å². The summed E-state index contributed by atoms with van der Waals surface area (Å²) in [4.78, 5) is 14.1. The van der Waals surface area contributed by atoms with E-state index in [9.17, 15) is 4.79 Å². The van der Waals surface area contributed by atoms with Crippen LogP contribution in [0, 0.1) is 0 Å². The maximum Gasteiger partial charge on any atom is 0.238 e. The van der Waals surface area contributed by atoms with Crippen LogP contribution in [0.3, 0.4) is 0 Å². The van der Waals surface area contributed by atoms with Crippen LogP contribution in [0.15, 0.2) is 24.3 Å². The van der Waals surface area contributed by atoms with Gasteiger partial charge in [0.05, 0.1) is 6.54 Å². The molecule has 0 unspecified atom stereocenters. The van der Waals surface area contributed by atoms with E-state index in [-0.39, 0.29) is 5.91 Å². The number of nitrogens with two attached hydrogens (primary N) is 1. The van der Waals surface area contributed by atoms with Crippen LogP contribution in [0.1, 0.15) is 27.2 Å². The fraction of sp³-hybridized carbons (Fsp3) is 0.500. The van der Waals surface area contributed by atoms with Gasteiger partial charge in [-0.2, -0.15) is 0 Å². The molecule has 0 atom stereocenters. The highest BCUT2D eigenvalue weighted by molar-refractivity contribution is 5.92. The summed E-state index contributed by atoms with van der Waals surface area (Å²) in [6.45, 7) is 7.69. The molecule has 0 aromatic heterocycles. The van der Waals surface area contributed by atoms with Gasteiger partial charge in [-0.15, -0.1) is 0 Å². The van der Waals surface area contributed by atoms with Gasteiger partial charge in [0.15, 0.2) is 0 Å². The van der Waals surface area contributed by atoms with Crippen molar-refractivity contribution in [3.63, 3.8) is 0 Å². The van der Waals surface area contributed by atoms with E-state index in [2.05, 4.69) is 31.0 Å². The van der Waals surface area contributed by atoms with Gasteiger partial charge in [-0.3, -0.25) is 9.69 Å². The average Bonchev–Trinajstić information content (AvgIpc) is 2.31. The molecular weight excluding hydrogens is 226 g/mol. The molecule has 0 spiro atoms. The Hall–Kier alpha value is -1.55. The topological polar surface area (TPSA) is 58.4 Å². The number of anilines is 2. The van der Waals surface area contributed by atoms with Crippen molar-refractivity contribution in [1.82, 2.24) is 4.90 Å². The zero-order valence-corrected chi connectivity index (χ0v) is 11.4. The van der Waals surface area contributed by atoms with Gasteiger partial charge in [-0.1, -0.05) is 6.92 Å². The number of nitrogen functional groups attached to an aromatic ring is 1. The van der Waals surface area contributed by atoms with Gasteiger partial charge in [0.25, 0.3) is 0 Å². The number of nitrogens with zero attached hydrogens (tertiary/aromatic N) is 1. The van der Waals surface area contributed by atoms with E-state index in [4.69, 9.17) is 5.73 Å². The van der Waals surface area contributed by atoms with Crippen LogP contribution in [0.25, 0.3) is 0 Å². The monoisotopic (exact) mass is 249 g/mol. The molecule has 0 bridgehead atoms. The first-order valence-corrected chi connectivity index (χ1v) is 6.42. The Morgan fingerprint density at radius 3 is 2.44 bits per heavy atom. The minimum absolute atomic E-state index is 0.0157. The first kappa shape index (κ1) is 14.5. The lowest BCUT2D eigenvalue weighted by molar-refractivity contribution is -0.117.